The molecular weight excluding hydrogens is 316 g/mol. The third kappa shape index (κ3) is 5.09. The van der Waals surface area contributed by atoms with Gasteiger partial charge < -0.3 is 14.6 Å². The topological polar surface area (TPSA) is 45.2 Å². The Labute approximate surface area is 151 Å². The molecule has 25 heavy (non-hydrogen) atoms. The van der Waals surface area contributed by atoms with Crippen molar-refractivity contribution in [3.63, 3.8) is 0 Å². The molecule has 2 aliphatic rings. The summed E-state index contributed by atoms with van der Waals surface area (Å²) in [7, 11) is 0. The molecule has 0 aliphatic carbocycles. The summed E-state index contributed by atoms with van der Waals surface area (Å²) in [6, 6.07) is 6.73. The summed E-state index contributed by atoms with van der Waals surface area (Å²) in [5.41, 5.74) is 1.27. The van der Waals surface area contributed by atoms with Crippen molar-refractivity contribution in [2.45, 2.75) is 39.3 Å². The third-order valence-corrected chi connectivity index (χ3v) is 5.16. The van der Waals surface area contributed by atoms with E-state index in [4.69, 9.17) is 9.47 Å². The summed E-state index contributed by atoms with van der Waals surface area (Å²) in [6.07, 6.45) is 2.08. The first-order chi connectivity index (χ1) is 12.2. The third-order valence-electron chi connectivity index (χ3n) is 5.16. The second-order valence-electron chi connectivity index (χ2n) is 7.60. The molecule has 1 atom stereocenters. The van der Waals surface area contributed by atoms with Crippen molar-refractivity contribution in [2.75, 3.05) is 46.0 Å². The lowest BCUT2D eigenvalue weighted by atomic mass is 10.0. The van der Waals surface area contributed by atoms with Gasteiger partial charge in [0.15, 0.2) is 11.5 Å². The first kappa shape index (κ1) is 18.5. The molecule has 0 saturated carbocycles. The normalized spacial score (nSPS) is 21.7. The molecule has 0 aromatic heterocycles. The lowest BCUT2D eigenvalue weighted by Crippen LogP contribution is -2.53. The summed E-state index contributed by atoms with van der Waals surface area (Å²) >= 11 is 0. The number of nitrogens with zero attached hydrogens (tertiary/aromatic N) is 2. The van der Waals surface area contributed by atoms with Crippen LogP contribution in [-0.4, -0.2) is 66.9 Å². The largest absolute Gasteiger partial charge is 0.486 e. The molecular formula is C20H32N2O3. The van der Waals surface area contributed by atoms with Crippen molar-refractivity contribution >= 4 is 0 Å². The maximum Gasteiger partial charge on any atom is 0.161 e. The second-order valence-corrected chi connectivity index (χ2v) is 7.60. The first-order valence-corrected chi connectivity index (χ1v) is 9.61. The molecule has 0 amide bonds. The van der Waals surface area contributed by atoms with Crippen molar-refractivity contribution < 1.29 is 14.6 Å². The number of hydrogen-bond donors (Lipinski definition) is 1. The Kier molecular flexibility index (Phi) is 6.57. The van der Waals surface area contributed by atoms with E-state index >= 15 is 0 Å². The van der Waals surface area contributed by atoms with Gasteiger partial charge in [-0.05, 0) is 43.0 Å². The van der Waals surface area contributed by atoms with Gasteiger partial charge in [-0.15, -0.1) is 0 Å². The van der Waals surface area contributed by atoms with Crippen LogP contribution in [0.3, 0.4) is 0 Å². The Balaban J connectivity index is 1.58. The predicted octanol–water partition coefficient (Wildman–Crippen LogP) is 2.37. The Morgan fingerprint density at radius 1 is 1.16 bits per heavy atom. The SMILES string of the molecule is CC(C)CCN1CCN(Cc2ccc3c(c2)OCCO3)C[C@H]1CCO. The van der Waals surface area contributed by atoms with Crippen LogP contribution in [0.5, 0.6) is 11.5 Å². The Morgan fingerprint density at radius 3 is 2.72 bits per heavy atom. The maximum absolute atomic E-state index is 9.45. The van der Waals surface area contributed by atoms with E-state index in [9.17, 15) is 5.11 Å². The average molecular weight is 348 g/mol. The molecule has 3 rings (SSSR count). The van der Waals surface area contributed by atoms with Gasteiger partial charge in [0.05, 0.1) is 0 Å². The van der Waals surface area contributed by atoms with Gasteiger partial charge in [-0.25, -0.2) is 0 Å². The number of piperazine rings is 1. The Hall–Kier alpha value is -1.30. The highest BCUT2D eigenvalue weighted by atomic mass is 16.6. The van der Waals surface area contributed by atoms with Crippen LogP contribution in [0.2, 0.25) is 0 Å². The van der Waals surface area contributed by atoms with Crippen LogP contribution in [0.15, 0.2) is 18.2 Å². The molecule has 0 unspecified atom stereocenters. The number of ether oxygens (including phenoxy) is 2. The number of fused-ring (bicyclic) bond motifs is 1. The molecule has 0 spiro atoms. The monoisotopic (exact) mass is 348 g/mol. The lowest BCUT2D eigenvalue weighted by molar-refractivity contribution is 0.0523. The minimum Gasteiger partial charge on any atom is -0.486 e. The molecule has 2 heterocycles. The summed E-state index contributed by atoms with van der Waals surface area (Å²) in [4.78, 5) is 5.06. The highest BCUT2D eigenvalue weighted by molar-refractivity contribution is 5.43. The fourth-order valence-corrected chi connectivity index (χ4v) is 3.69. The van der Waals surface area contributed by atoms with Gasteiger partial charge in [0.1, 0.15) is 13.2 Å². The fourth-order valence-electron chi connectivity index (χ4n) is 3.69. The van der Waals surface area contributed by atoms with Gasteiger partial charge in [0.2, 0.25) is 0 Å². The van der Waals surface area contributed by atoms with Gasteiger partial charge in [-0.2, -0.15) is 0 Å². The first-order valence-electron chi connectivity index (χ1n) is 9.61. The van der Waals surface area contributed by atoms with Crippen LogP contribution >= 0.6 is 0 Å². The minimum atomic E-state index is 0.265. The molecule has 1 fully saturated rings. The Bertz CT molecular complexity index is 550. The molecule has 1 saturated heterocycles. The van der Waals surface area contributed by atoms with Crippen molar-refractivity contribution in [3.05, 3.63) is 23.8 Å². The van der Waals surface area contributed by atoms with Crippen LogP contribution in [-0.2, 0) is 6.54 Å². The highest BCUT2D eigenvalue weighted by Crippen LogP contribution is 2.31. The van der Waals surface area contributed by atoms with Crippen LogP contribution in [0.25, 0.3) is 0 Å². The van der Waals surface area contributed by atoms with E-state index in [-0.39, 0.29) is 6.61 Å². The van der Waals surface area contributed by atoms with Gasteiger partial charge in [-0.1, -0.05) is 19.9 Å². The van der Waals surface area contributed by atoms with Crippen molar-refractivity contribution in [3.8, 4) is 11.5 Å². The maximum atomic E-state index is 9.45. The standard InChI is InChI=1S/C20H32N2O3/c1-16(2)5-7-22-9-8-21(15-18(22)6-10-23)14-17-3-4-19-20(13-17)25-12-11-24-19/h3-4,13,16,18,23H,5-12,14-15H2,1-2H3/t18-/m1/s1. The molecule has 5 nitrogen and oxygen atoms in total. The van der Waals surface area contributed by atoms with E-state index in [0.717, 1.165) is 56.6 Å². The molecule has 2 aliphatic heterocycles. The van der Waals surface area contributed by atoms with E-state index in [1.807, 2.05) is 6.07 Å². The Morgan fingerprint density at radius 2 is 1.96 bits per heavy atom. The predicted molar refractivity (Wildman–Crippen MR) is 99.2 cm³/mol. The molecule has 1 aromatic carbocycles. The highest BCUT2D eigenvalue weighted by Gasteiger charge is 2.26. The summed E-state index contributed by atoms with van der Waals surface area (Å²) < 4.78 is 11.3. The minimum absolute atomic E-state index is 0.265. The summed E-state index contributed by atoms with van der Waals surface area (Å²) in [5, 5.41) is 9.45. The number of hydrogen-bond acceptors (Lipinski definition) is 5. The second kappa shape index (κ2) is 8.88. The van der Waals surface area contributed by atoms with Crippen molar-refractivity contribution in [1.29, 1.82) is 0 Å². The number of rotatable bonds is 7. The lowest BCUT2D eigenvalue weighted by Gasteiger charge is -2.41. The van der Waals surface area contributed by atoms with Crippen LogP contribution in [0.1, 0.15) is 32.3 Å². The van der Waals surface area contributed by atoms with E-state index in [1.54, 1.807) is 0 Å². The van der Waals surface area contributed by atoms with Gasteiger partial charge >= 0.3 is 0 Å². The number of aliphatic hydroxyl groups is 1. The molecule has 1 N–H and O–H groups in total. The van der Waals surface area contributed by atoms with E-state index in [2.05, 4.69) is 35.8 Å². The smallest absolute Gasteiger partial charge is 0.161 e. The molecule has 1 aromatic rings. The number of aliphatic hydroxyl groups excluding tert-OH is 1. The van der Waals surface area contributed by atoms with Crippen LogP contribution in [0, 0.1) is 5.92 Å². The summed E-state index contributed by atoms with van der Waals surface area (Å²) in [6.45, 7) is 11.3. The average Bonchev–Trinajstić information content (AvgIpc) is 2.61. The van der Waals surface area contributed by atoms with Gasteiger partial charge in [-0.3, -0.25) is 9.80 Å². The van der Waals surface area contributed by atoms with E-state index in [1.165, 1.54) is 12.0 Å². The number of benzene rings is 1. The van der Waals surface area contributed by atoms with Crippen LogP contribution < -0.4 is 9.47 Å². The summed E-state index contributed by atoms with van der Waals surface area (Å²) in [5.74, 6) is 2.45. The quantitative estimate of drug-likeness (QED) is 0.820. The van der Waals surface area contributed by atoms with Crippen molar-refractivity contribution in [1.82, 2.24) is 9.80 Å². The zero-order valence-electron chi connectivity index (χ0n) is 15.6. The molecule has 0 bridgehead atoms. The van der Waals surface area contributed by atoms with Gasteiger partial charge in [0.25, 0.3) is 0 Å². The van der Waals surface area contributed by atoms with E-state index in [0.29, 0.717) is 19.3 Å². The zero-order valence-corrected chi connectivity index (χ0v) is 15.6. The van der Waals surface area contributed by atoms with Crippen LogP contribution in [0.4, 0.5) is 0 Å². The molecule has 0 radical (unpaired) electrons. The van der Waals surface area contributed by atoms with Crippen molar-refractivity contribution in [2.24, 2.45) is 5.92 Å². The van der Waals surface area contributed by atoms with E-state index < -0.39 is 0 Å². The fraction of sp³-hybridized carbons (Fsp3) is 0.700. The molecule has 5 heteroatoms. The molecule has 140 valence electrons. The van der Waals surface area contributed by atoms with Gasteiger partial charge in [0, 0.05) is 38.8 Å². The zero-order chi connectivity index (χ0) is 17.6.